The molecule has 0 aliphatic carbocycles. The average molecular weight is 370 g/mol. The molecule has 134 valence electrons. The first-order chi connectivity index (χ1) is 12.6. The van der Waals surface area contributed by atoms with Crippen LogP contribution in [0.4, 0.5) is 0 Å². The minimum absolute atomic E-state index is 0.0216. The highest BCUT2D eigenvalue weighted by Gasteiger charge is 2.25. The van der Waals surface area contributed by atoms with Crippen LogP contribution in [0.3, 0.4) is 0 Å². The Balaban J connectivity index is 1.81. The van der Waals surface area contributed by atoms with Crippen molar-refractivity contribution in [3.8, 4) is 17.1 Å². The fourth-order valence-electron chi connectivity index (χ4n) is 3.29. The number of piperidine rings is 1. The van der Waals surface area contributed by atoms with E-state index in [0.717, 1.165) is 31.7 Å². The zero-order valence-corrected chi connectivity index (χ0v) is 15.4. The van der Waals surface area contributed by atoms with Crippen molar-refractivity contribution in [2.75, 3.05) is 13.1 Å². The lowest BCUT2D eigenvalue weighted by molar-refractivity contribution is 0.0715. The van der Waals surface area contributed by atoms with E-state index in [1.165, 1.54) is 6.42 Å². The Labute approximate surface area is 157 Å². The maximum Gasteiger partial charge on any atom is 0.272 e. The van der Waals surface area contributed by atoms with Gasteiger partial charge in [0.1, 0.15) is 17.1 Å². The van der Waals surface area contributed by atoms with Gasteiger partial charge in [-0.1, -0.05) is 23.7 Å². The maximum atomic E-state index is 13.1. The molecule has 0 radical (unpaired) electrons. The Morgan fingerprint density at radius 1 is 1.12 bits per heavy atom. The van der Waals surface area contributed by atoms with Crippen LogP contribution in [0.5, 0.6) is 0 Å². The van der Waals surface area contributed by atoms with Crippen LogP contribution in [0.2, 0.25) is 5.02 Å². The number of hydrogen-bond donors (Lipinski definition) is 0. The Hall–Kier alpha value is -2.53. The second-order valence-electron chi connectivity index (χ2n) is 6.54. The molecule has 1 aliphatic rings. The third kappa shape index (κ3) is 3.15. The van der Waals surface area contributed by atoms with Crippen LogP contribution in [0, 0.1) is 6.92 Å². The van der Waals surface area contributed by atoms with Gasteiger partial charge in [0.05, 0.1) is 10.7 Å². The Morgan fingerprint density at radius 2 is 1.88 bits per heavy atom. The normalized spacial score (nSPS) is 14.6. The Kier molecular flexibility index (Phi) is 4.55. The second-order valence-corrected chi connectivity index (χ2v) is 6.95. The summed E-state index contributed by atoms with van der Waals surface area (Å²) in [4.78, 5) is 15.0. The van der Waals surface area contributed by atoms with Crippen LogP contribution < -0.4 is 0 Å². The van der Waals surface area contributed by atoms with Gasteiger partial charge in [0.15, 0.2) is 5.76 Å². The smallest absolute Gasteiger partial charge is 0.272 e. The number of benzene rings is 1. The number of nitrogens with zero attached hydrogens (tertiary/aromatic N) is 3. The van der Waals surface area contributed by atoms with E-state index in [-0.39, 0.29) is 5.91 Å². The summed E-state index contributed by atoms with van der Waals surface area (Å²) in [6.07, 6.45) is 3.25. The zero-order valence-electron chi connectivity index (χ0n) is 14.6. The number of carbonyl (C=O) groups is 1. The molecule has 1 aliphatic heterocycles. The van der Waals surface area contributed by atoms with Gasteiger partial charge in [-0.05, 0) is 50.5 Å². The first-order valence-corrected chi connectivity index (χ1v) is 9.22. The summed E-state index contributed by atoms with van der Waals surface area (Å²) in [7, 11) is 0. The molecule has 5 nitrogen and oxygen atoms in total. The van der Waals surface area contributed by atoms with Crippen LogP contribution in [-0.2, 0) is 0 Å². The summed E-state index contributed by atoms with van der Waals surface area (Å²) >= 11 is 6.37. The van der Waals surface area contributed by atoms with E-state index in [1.54, 1.807) is 16.8 Å². The van der Waals surface area contributed by atoms with Crippen LogP contribution in [0.1, 0.15) is 35.5 Å². The van der Waals surface area contributed by atoms with Gasteiger partial charge in [-0.25, -0.2) is 4.68 Å². The molecule has 6 heteroatoms. The molecule has 4 rings (SSSR count). The van der Waals surface area contributed by atoms with Gasteiger partial charge in [-0.3, -0.25) is 4.79 Å². The number of likely N-dealkylation sites (tertiary alicyclic amines) is 1. The third-order valence-corrected chi connectivity index (χ3v) is 4.96. The molecule has 0 unspecified atom stereocenters. The molecule has 3 aromatic rings. The lowest BCUT2D eigenvalue weighted by atomic mass is 10.1. The highest BCUT2D eigenvalue weighted by Crippen LogP contribution is 2.27. The summed E-state index contributed by atoms with van der Waals surface area (Å²) in [5, 5.41) is 5.18. The summed E-state index contributed by atoms with van der Waals surface area (Å²) in [5.41, 5.74) is 1.81. The van der Waals surface area contributed by atoms with Crippen molar-refractivity contribution in [2.24, 2.45) is 0 Å². The molecule has 1 fully saturated rings. The number of carbonyl (C=O) groups excluding carboxylic acids is 1. The van der Waals surface area contributed by atoms with E-state index in [9.17, 15) is 4.79 Å². The van der Waals surface area contributed by atoms with Crippen LogP contribution in [0.15, 0.2) is 46.9 Å². The summed E-state index contributed by atoms with van der Waals surface area (Å²) in [6.45, 7) is 3.44. The van der Waals surface area contributed by atoms with Gasteiger partial charge in [0.2, 0.25) is 0 Å². The predicted octanol–water partition coefficient (Wildman–Crippen LogP) is 4.72. The topological polar surface area (TPSA) is 51.3 Å². The fraction of sp³-hybridized carbons (Fsp3) is 0.300. The van der Waals surface area contributed by atoms with E-state index in [4.69, 9.17) is 16.0 Å². The Bertz CT molecular complexity index is 938. The first kappa shape index (κ1) is 16.9. The van der Waals surface area contributed by atoms with Crippen LogP contribution in [-0.4, -0.2) is 33.7 Å². The molecule has 0 atom stereocenters. The van der Waals surface area contributed by atoms with E-state index in [2.05, 4.69) is 5.10 Å². The summed E-state index contributed by atoms with van der Waals surface area (Å²) in [6, 6.07) is 12.9. The second kappa shape index (κ2) is 7.00. The number of hydrogen-bond acceptors (Lipinski definition) is 3. The van der Waals surface area contributed by atoms with E-state index in [0.29, 0.717) is 27.9 Å². The molecule has 1 aromatic carbocycles. The van der Waals surface area contributed by atoms with Crippen molar-refractivity contribution < 1.29 is 9.21 Å². The lowest BCUT2D eigenvalue weighted by Gasteiger charge is -2.26. The van der Waals surface area contributed by atoms with Crippen LogP contribution in [0.25, 0.3) is 17.1 Å². The standard InChI is InChI=1S/C20H20ClN3O2/c1-14-9-10-19(26-14)16-13-18(20(25)23-11-5-2-6-12-23)24(22-16)17-8-4-3-7-15(17)21/h3-4,7-10,13H,2,5-6,11-12H2,1H3. The highest BCUT2D eigenvalue weighted by molar-refractivity contribution is 6.32. The molecule has 0 spiro atoms. The fourth-order valence-corrected chi connectivity index (χ4v) is 3.51. The van der Waals surface area contributed by atoms with E-state index in [1.807, 2.05) is 42.2 Å². The van der Waals surface area contributed by atoms with Crippen molar-refractivity contribution >= 4 is 17.5 Å². The SMILES string of the molecule is Cc1ccc(-c2cc(C(=O)N3CCCCC3)n(-c3ccccc3Cl)n2)o1. The molecular weight excluding hydrogens is 350 g/mol. The molecule has 0 N–H and O–H groups in total. The van der Waals surface area contributed by atoms with Gasteiger partial charge < -0.3 is 9.32 Å². The molecular formula is C20H20ClN3O2. The number of furan rings is 1. The minimum atomic E-state index is -0.0216. The quantitative estimate of drug-likeness (QED) is 0.671. The van der Waals surface area contributed by atoms with Crippen molar-refractivity contribution in [3.05, 3.63) is 58.9 Å². The lowest BCUT2D eigenvalue weighted by Crippen LogP contribution is -2.36. The van der Waals surface area contributed by atoms with E-state index >= 15 is 0 Å². The maximum absolute atomic E-state index is 13.1. The molecule has 1 amide bonds. The molecule has 0 bridgehead atoms. The van der Waals surface area contributed by atoms with Gasteiger partial charge in [-0.2, -0.15) is 5.10 Å². The first-order valence-electron chi connectivity index (χ1n) is 8.84. The number of aryl methyl sites for hydroxylation is 1. The molecule has 3 heterocycles. The zero-order chi connectivity index (χ0) is 18.1. The third-order valence-electron chi connectivity index (χ3n) is 4.65. The van der Waals surface area contributed by atoms with Crippen molar-refractivity contribution in [1.29, 1.82) is 0 Å². The van der Waals surface area contributed by atoms with Crippen molar-refractivity contribution in [2.45, 2.75) is 26.2 Å². The number of para-hydroxylation sites is 1. The van der Waals surface area contributed by atoms with E-state index < -0.39 is 0 Å². The monoisotopic (exact) mass is 369 g/mol. The van der Waals surface area contributed by atoms with Gasteiger partial charge in [0.25, 0.3) is 5.91 Å². The molecule has 26 heavy (non-hydrogen) atoms. The number of aromatic nitrogens is 2. The summed E-state index contributed by atoms with van der Waals surface area (Å²) < 4.78 is 7.33. The summed E-state index contributed by atoms with van der Waals surface area (Å²) in [5.74, 6) is 1.42. The Morgan fingerprint density at radius 3 is 2.58 bits per heavy atom. The van der Waals surface area contributed by atoms with Crippen LogP contribution >= 0.6 is 11.6 Å². The number of amides is 1. The molecule has 0 saturated carbocycles. The van der Waals surface area contributed by atoms with Gasteiger partial charge in [0, 0.05) is 19.2 Å². The minimum Gasteiger partial charge on any atom is -0.460 e. The average Bonchev–Trinajstić information content (AvgIpc) is 3.29. The van der Waals surface area contributed by atoms with Crippen molar-refractivity contribution in [1.82, 2.24) is 14.7 Å². The highest BCUT2D eigenvalue weighted by atomic mass is 35.5. The van der Waals surface area contributed by atoms with Gasteiger partial charge >= 0.3 is 0 Å². The molecule has 2 aromatic heterocycles. The molecule has 1 saturated heterocycles. The largest absolute Gasteiger partial charge is 0.460 e. The predicted molar refractivity (Wildman–Crippen MR) is 101 cm³/mol. The van der Waals surface area contributed by atoms with Crippen molar-refractivity contribution in [3.63, 3.8) is 0 Å². The number of rotatable bonds is 3. The number of halogens is 1. The van der Waals surface area contributed by atoms with Gasteiger partial charge in [-0.15, -0.1) is 0 Å².